The molecule has 0 spiro atoms. The Morgan fingerprint density at radius 2 is 2.26 bits per heavy atom. The molecular weight excluding hydrogens is 346 g/mol. The van der Waals surface area contributed by atoms with Gasteiger partial charge >= 0.3 is 0 Å². The van der Waals surface area contributed by atoms with Crippen molar-refractivity contribution in [2.75, 3.05) is 33.4 Å². The van der Waals surface area contributed by atoms with Crippen LogP contribution in [-0.2, 0) is 17.7 Å². The van der Waals surface area contributed by atoms with Gasteiger partial charge in [-0.15, -0.1) is 0 Å². The van der Waals surface area contributed by atoms with Crippen molar-refractivity contribution in [3.63, 3.8) is 0 Å². The van der Waals surface area contributed by atoms with Crippen molar-refractivity contribution in [2.45, 2.75) is 31.8 Å². The molecule has 144 valence electrons. The number of amides is 1. The van der Waals surface area contributed by atoms with Crippen molar-refractivity contribution in [2.24, 2.45) is 5.92 Å². The Bertz CT molecular complexity index is 766. The monoisotopic (exact) mass is 371 g/mol. The second-order valence-corrected chi connectivity index (χ2v) is 7.33. The molecule has 5 heterocycles. The molecular formula is C19H25N5O3. The molecule has 0 aliphatic carbocycles. The van der Waals surface area contributed by atoms with Crippen LogP contribution in [0.4, 0.5) is 0 Å². The summed E-state index contributed by atoms with van der Waals surface area (Å²) in [7, 11) is 1.66. The Labute approximate surface area is 158 Å². The number of pyridine rings is 1. The summed E-state index contributed by atoms with van der Waals surface area (Å²) >= 11 is 0. The van der Waals surface area contributed by atoms with E-state index in [9.17, 15) is 4.79 Å². The van der Waals surface area contributed by atoms with Crippen molar-refractivity contribution in [3.05, 3.63) is 41.8 Å². The van der Waals surface area contributed by atoms with E-state index in [4.69, 9.17) is 9.26 Å². The predicted molar refractivity (Wildman–Crippen MR) is 96.9 cm³/mol. The van der Waals surface area contributed by atoms with Gasteiger partial charge in [-0.2, -0.15) is 4.98 Å². The summed E-state index contributed by atoms with van der Waals surface area (Å²) in [6, 6.07) is 3.96. The average Bonchev–Trinajstić information content (AvgIpc) is 2.94. The lowest BCUT2D eigenvalue weighted by Gasteiger charge is -2.34. The third-order valence-corrected chi connectivity index (χ3v) is 5.40. The van der Waals surface area contributed by atoms with Gasteiger partial charge in [0, 0.05) is 51.6 Å². The third-order valence-electron chi connectivity index (χ3n) is 5.40. The fraction of sp³-hybridized carbons (Fsp3) is 0.579. The van der Waals surface area contributed by atoms with Crippen molar-refractivity contribution in [3.8, 4) is 0 Å². The molecule has 2 aromatic rings. The number of ether oxygens (including phenoxy) is 1. The fourth-order valence-corrected chi connectivity index (χ4v) is 4.03. The van der Waals surface area contributed by atoms with Gasteiger partial charge in [-0.1, -0.05) is 5.16 Å². The molecule has 0 aromatic carbocycles. The molecule has 5 rings (SSSR count). The average molecular weight is 371 g/mol. The van der Waals surface area contributed by atoms with E-state index < -0.39 is 0 Å². The van der Waals surface area contributed by atoms with Crippen LogP contribution in [-0.4, -0.2) is 70.2 Å². The second-order valence-electron chi connectivity index (χ2n) is 7.33. The Hall–Kier alpha value is -2.32. The number of carbonyl (C=O) groups is 1. The van der Waals surface area contributed by atoms with Crippen molar-refractivity contribution in [1.82, 2.24) is 24.9 Å². The zero-order valence-corrected chi connectivity index (χ0v) is 15.6. The highest BCUT2D eigenvalue weighted by molar-refractivity contribution is 5.93. The Kier molecular flexibility index (Phi) is 5.45. The maximum absolute atomic E-state index is 12.9. The van der Waals surface area contributed by atoms with E-state index in [2.05, 4.69) is 20.0 Å². The summed E-state index contributed by atoms with van der Waals surface area (Å²) in [4.78, 5) is 25.8. The summed E-state index contributed by atoms with van der Waals surface area (Å²) in [5.74, 6) is 1.86. The summed E-state index contributed by atoms with van der Waals surface area (Å²) in [6.45, 7) is 3.70. The maximum Gasteiger partial charge on any atom is 0.255 e. The van der Waals surface area contributed by atoms with E-state index in [0.717, 1.165) is 32.5 Å². The van der Waals surface area contributed by atoms with Crippen LogP contribution in [0, 0.1) is 5.92 Å². The molecule has 8 nitrogen and oxygen atoms in total. The highest BCUT2D eigenvalue weighted by Gasteiger charge is 2.37. The van der Waals surface area contributed by atoms with E-state index in [1.165, 1.54) is 0 Å². The van der Waals surface area contributed by atoms with Crippen LogP contribution >= 0.6 is 0 Å². The van der Waals surface area contributed by atoms with Gasteiger partial charge in [0.2, 0.25) is 5.89 Å². The molecule has 1 amide bonds. The molecule has 0 radical (unpaired) electrons. The van der Waals surface area contributed by atoms with E-state index in [1.54, 1.807) is 19.5 Å². The van der Waals surface area contributed by atoms with Crippen LogP contribution in [0.1, 0.15) is 34.9 Å². The molecule has 0 unspecified atom stereocenters. The summed E-state index contributed by atoms with van der Waals surface area (Å²) in [6.07, 6.45) is 6.23. The zero-order valence-electron chi connectivity index (χ0n) is 15.6. The van der Waals surface area contributed by atoms with Crippen LogP contribution in [0.5, 0.6) is 0 Å². The van der Waals surface area contributed by atoms with Crippen LogP contribution < -0.4 is 0 Å². The standard InChI is InChI=1S/C19H25N5O3/c1-26-8-6-17-21-18(27-22-17)13-23-10-14-4-5-16(23)12-24(11-14)19(25)15-3-2-7-20-9-15/h2-3,7,9,14,16H,4-6,8,10-13H2,1H3/t14-,16-/m1/s1. The highest BCUT2D eigenvalue weighted by atomic mass is 16.5. The minimum absolute atomic E-state index is 0.0708. The Morgan fingerprint density at radius 3 is 3.07 bits per heavy atom. The number of hydrogen-bond acceptors (Lipinski definition) is 7. The van der Waals surface area contributed by atoms with Crippen LogP contribution in [0.25, 0.3) is 0 Å². The Balaban J connectivity index is 1.42. The third kappa shape index (κ3) is 4.17. The van der Waals surface area contributed by atoms with Crippen LogP contribution in [0.3, 0.4) is 0 Å². The second kappa shape index (κ2) is 8.14. The van der Waals surface area contributed by atoms with E-state index >= 15 is 0 Å². The molecule has 3 saturated heterocycles. The van der Waals surface area contributed by atoms with Gasteiger partial charge < -0.3 is 14.2 Å². The molecule has 3 fully saturated rings. The first-order chi connectivity index (χ1) is 13.2. The first-order valence-corrected chi connectivity index (χ1v) is 9.46. The van der Waals surface area contributed by atoms with E-state index in [-0.39, 0.29) is 5.91 Å². The van der Waals surface area contributed by atoms with Crippen LogP contribution in [0.15, 0.2) is 29.0 Å². The van der Waals surface area contributed by atoms with Crippen molar-refractivity contribution >= 4 is 5.91 Å². The minimum Gasteiger partial charge on any atom is -0.384 e. The van der Waals surface area contributed by atoms with E-state index in [0.29, 0.717) is 48.8 Å². The summed E-state index contributed by atoms with van der Waals surface area (Å²) in [5.41, 5.74) is 0.657. The lowest BCUT2D eigenvalue weighted by Crippen LogP contribution is -2.44. The minimum atomic E-state index is 0.0708. The Morgan fingerprint density at radius 1 is 1.33 bits per heavy atom. The van der Waals surface area contributed by atoms with Gasteiger partial charge in [0.15, 0.2) is 5.82 Å². The SMILES string of the molecule is COCCc1noc(CN2C[C@H]3CC[C@@H]2CN(C(=O)c2cccnc2)C3)n1. The lowest BCUT2D eigenvalue weighted by molar-refractivity contribution is 0.0731. The van der Waals surface area contributed by atoms with Crippen molar-refractivity contribution in [1.29, 1.82) is 0 Å². The normalized spacial score (nSPS) is 22.8. The molecule has 0 saturated carbocycles. The van der Waals surface area contributed by atoms with Crippen molar-refractivity contribution < 1.29 is 14.1 Å². The molecule has 2 bridgehead atoms. The number of nitrogens with zero attached hydrogens (tertiary/aromatic N) is 5. The van der Waals surface area contributed by atoms with Gasteiger partial charge in [0.25, 0.3) is 5.91 Å². The number of methoxy groups -OCH3 is 1. The number of hydrogen-bond donors (Lipinski definition) is 0. The first kappa shape index (κ1) is 18.1. The molecule has 27 heavy (non-hydrogen) atoms. The van der Waals surface area contributed by atoms with Gasteiger partial charge in [0.1, 0.15) is 0 Å². The number of fused-ring (bicyclic) bond motifs is 4. The fourth-order valence-electron chi connectivity index (χ4n) is 4.03. The number of piperidine rings is 1. The van der Waals surface area contributed by atoms with Gasteiger partial charge in [-0.3, -0.25) is 14.7 Å². The smallest absolute Gasteiger partial charge is 0.255 e. The number of rotatable bonds is 6. The quantitative estimate of drug-likeness (QED) is 0.758. The van der Waals surface area contributed by atoms with E-state index in [1.807, 2.05) is 17.0 Å². The van der Waals surface area contributed by atoms with Gasteiger partial charge in [-0.25, -0.2) is 0 Å². The molecule has 2 aromatic heterocycles. The summed E-state index contributed by atoms with van der Waals surface area (Å²) < 4.78 is 10.5. The maximum atomic E-state index is 12.9. The molecule has 2 atom stereocenters. The molecule has 3 aliphatic heterocycles. The number of carbonyl (C=O) groups excluding carboxylic acids is 1. The van der Waals surface area contributed by atoms with Gasteiger partial charge in [-0.05, 0) is 30.9 Å². The first-order valence-electron chi connectivity index (χ1n) is 9.46. The summed E-state index contributed by atoms with van der Waals surface area (Å²) in [5, 5.41) is 4.02. The van der Waals surface area contributed by atoms with Crippen LogP contribution in [0.2, 0.25) is 0 Å². The molecule has 3 aliphatic rings. The van der Waals surface area contributed by atoms with Gasteiger partial charge in [0.05, 0.1) is 18.7 Å². The number of aromatic nitrogens is 3. The molecule has 8 heteroatoms. The largest absolute Gasteiger partial charge is 0.384 e. The topological polar surface area (TPSA) is 84.6 Å². The predicted octanol–water partition coefficient (Wildman–Crippen LogP) is 1.39. The molecule has 0 N–H and O–H groups in total. The zero-order chi connectivity index (χ0) is 18.6. The highest BCUT2D eigenvalue weighted by Crippen LogP contribution is 2.29. The lowest BCUT2D eigenvalue weighted by atomic mass is 9.95.